The van der Waals surface area contributed by atoms with Gasteiger partial charge in [0.25, 0.3) is 0 Å². The third-order valence-electron chi connectivity index (χ3n) is 0.894. The zero-order valence-corrected chi connectivity index (χ0v) is 6.22. The number of hydrogen-bond acceptors (Lipinski definition) is 2. The average molecular weight is 146 g/mol. The van der Waals surface area contributed by atoms with Crippen LogP contribution in [0.15, 0.2) is 0 Å². The Bertz CT molecular complexity index is 95.7. The van der Waals surface area contributed by atoms with Gasteiger partial charge in [0.2, 0.25) is 0 Å². The van der Waals surface area contributed by atoms with Gasteiger partial charge in [0, 0.05) is 13.2 Å². The lowest BCUT2D eigenvalue weighted by atomic mass is 10.5. The highest BCUT2D eigenvalue weighted by Gasteiger charge is 1.89. The Morgan fingerprint density at radius 1 is 1.60 bits per heavy atom. The highest BCUT2D eigenvalue weighted by Crippen LogP contribution is 1.77. The van der Waals surface area contributed by atoms with E-state index in [1.54, 1.807) is 0 Å². The van der Waals surface area contributed by atoms with Crippen molar-refractivity contribution in [3.63, 3.8) is 0 Å². The lowest BCUT2D eigenvalue weighted by Crippen LogP contribution is -2.32. The Labute approximate surface area is 60.7 Å². The molecule has 2 amide bonds. The summed E-state index contributed by atoms with van der Waals surface area (Å²) in [5.41, 5.74) is 4.80. The summed E-state index contributed by atoms with van der Waals surface area (Å²) >= 11 is 0. The first kappa shape index (κ1) is 9.23. The van der Waals surface area contributed by atoms with Crippen LogP contribution in [0.25, 0.3) is 0 Å². The molecule has 4 heteroatoms. The first-order valence-electron chi connectivity index (χ1n) is 3.38. The molecule has 0 aromatic rings. The van der Waals surface area contributed by atoms with Gasteiger partial charge >= 0.3 is 6.03 Å². The molecule has 60 valence electrons. The molecule has 0 spiro atoms. The van der Waals surface area contributed by atoms with Gasteiger partial charge in [-0.25, -0.2) is 4.79 Å². The summed E-state index contributed by atoms with van der Waals surface area (Å²) in [5, 5.41) is 2.42. The number of ether oxygens (including phenoxy) is 1. The van der Waals surface area contributed by atoms with Gasteiger partial charge in [-0.3, -0.25) is 0 Å². The Morgan fingerprint density at radius 2 is 2.30 bits per heavy atom. The molecule has 0 aromatic carbocycles. The third-order valence-corrected chi connectivity index (χ3v) is 0.894. The fourth-order valence-corrected chi connectivity index (χ4v) is 0.493. The Hall–Kier alpha value is -0.770. The highest BCUT2D eigenvalue weighted by atomic mass is 16.5. The molecule has 0 unspecified atom stereocenters. The number of nitrogens with two attached hydrogens (primary N) is 1. The van der Waals surface area contributed by atoms with E-state index in [1.807, 2.05) is 6.92 Å². The van der Waals surface area contributed by atoms with Crippen LogP contribution in [0, 0.1) is 0 Å². The number of carbonyl (C=O) groups is 1. The van der Waals surface area contributed by atoms with Crippen LogP contribution in [0.3, 0.4) is 0 Å². The van der Waals surface area contributed by atoms with Crippen molar-refractivity contribution < 1.29 is 9.53 Å². The molecule has 0 bridgehead atoms. The molecule has 0 rings (SSSR count). The topological polar surface area (TPSA) is 64.3 Å². The Balaban J connectivity index is 2.84. The Morgan fingerprint density at radius 3 is 2.80 bits per heavy atom. The lowest BCUT2D eigenvalue weighted by Gasteiger charge is -2.01. The fourth-order valence-electron chi connectivity index (χ4n) is 0.493. The molecule has 0 radical (unpaired) electrons. The van der Waals surface area contributed by atoms with Crippen LogP contribution < -0.4 is 11.1 Å². The van der Waals surface area contributed by atoms with E-state index in [1.165, 1.54) is 0 Å². The predicted octanol–water partition coefficient (Wildman–Crippen LogP) is 0.0813. The number of nitrogens with one attached hydrogen (secondary N) is 1. The molecule has 0 aliphatic carbocycles. The minimum absolute atomic E-state index is 0.495. The minimum atomic E-state index is -0.500. The van der Waals surface area contributed by atoms with Gasteiger partial charge in [0.15, 0.2) is 0 Å². The second-order valence-corrected chi connectivity index (χ2v) is 1.90. The molecular formula is C6H14N2O2. The van der Waals surface area contributed by atoms with E-state index < -0.39 is 6.03 Å². The van der Waals surface area contributed by atoms with Crippen LogP contribution >= 0.6 is 0 Å². The zero-order chi connectivity index (χ0) is 7.82. The fraction of sp³-hybridized carbons (Fsp3) is 0.833. The maximum Gasteiger partial charge on any atom is 0.312 e. The molecule has 0 aliphatic rings. The summed E-state index contributed by atoms with van der Waals surface area (Å²) in [6.45, 7) is 3.80. The molecule has 0 aromatic heterocycles. The number of hydrogen-bond donors (Lipinski definition) is 2. The van der Waals surface area contributed by atoms with Crippen molar-refractivity contribution in [1.29, 1.82) is 0 Å². The summed E-state index contributed by atoms with van der Waals surface area (Å²) in [5.74, 6) is 0. The SMILES string of the molecule is CCCOCCNC(N)=O. The quantitative estimate of drug-likeness (QED) is 0.539. The van der Waals surface area contributed by atoms with Crippen LogP contribution in [0.1, 0.15) is 13.3 Å². The lowest BCUT2D eigenvalue weighted by molar-refractivity contribution is 0.137. The van der Waals surface area contributed by atoms with Crippen molar-refractivity contribution >= 4 is 6.03 Å². The van der Waals surface area contributed by atoms with E-state index in [9.17, 15) is 4.79 Å². The molecular weight excluding hydrogens is 132 g/mol. The number of carbonyl (C=O) groups excluding carboxylic acids is 1. The van der Waals surface area contributed by atoms with E-state index in [2.05, 4.69) is 5.32 Å². The van der Waals surface area contributed by atoms with Crippen LogP contribution in [-0.4, -0.2) is 25.8 Å². The second kappa shape index (κ2) is 6.35. The van der Waals surface area contributed by atoms with Crippen molar-refractivity contribution in [2.75, 3.05) is 19.8 Å². The van der Waals surface area contributed by atoms with Gasteiger partial charge in [-0.2, -0.15) is 0 Å². The van der Waals surface area contributed by atoms with E-state index in [4.69, 9.17) is 10.5 Å². The van der Waals surface area contributed by atoms with E-state index in [0.717, 1.165) is 13.0 Å². The van der Waals surface area contributed by atoms with Gasteiger partial charge in [0.1, 0.15) is 0 Å². The molecule has 0 fully saturated rings. The van der Waals surface area contributed by atoms with Crippen LogP contribution in [0.5, 0.6) is 0 Å². The van der Waals surface area contributed by atoms with Crippen LogP contribution in [-0.2, 0) is 4.74 Å². The number of urea groups is 1. The van der Waals surface area contributed by atoms with Crippen molar-refractivity contribution in [3.8, 4) is 0 Å². The molecule has 0 saturated carbocycles. The summed E-state index contributed by atoms with van der Waals surface area (Å²) in [7, 11) is 0. The van der Waals surface area contributed by atoms with E-state index >= 15 is 0 Å². The molecule has 3 N–H and O–H groups in total. The minimum Gasteiger partial charge on any atom is -0.380 e. The van der Waals surface area contributed by atoms with Gasteiger partial charge in [0.05, 0.1) is 6.61 Å². The predicted molar refractivity (Wildman–Crippen MR) is 38.7 cm³/mol. The van der Waals surface area contributed by atoms with E-state index in [0.29, 0.717) is 13.2 Å². The van der Waals surface area contributed by atoms with Gasteiger partial charge in [-0.1, -0.05) is 6.92 Å². The number of primary amides is 1. The van der Waals surface area contributed by atoms with Crippen molar-refractivity contribution in [1.82, 2.24) is 5.32 Å². The standard InChI is InChI=1S/C6H14N2O2/c1-2-4-10-5-3-8-6(7)9/h2-5H2,1H3,(H3,7,8,9). The Kier molecular flexibility index (Phi) is 5.86. The largest absolute Gasteiger partial charge is 0.380 e. The smallest absolute Gasteiger partial charge is 0.312 e. The van der Waals surface area contributed by atoms with E-state index in [-0.39, 0.29) is 0 Å². The van der Waals surface area contributed by atoms with Crippen LogP contribution in [0.4, 0.5) is 4.79 Å². The summed E-state index contributed by atoms with van der Waals surface area (Å²) < 4.78 is 5.06. The van der Waals surface area contributed by atoms with Gasteiger partial charge in [-0.15, -0.1) is 0 Å². The normalized spacial score (nSPS) is 9.30. The van der Waals surface area contributed by atoms with Crippen molar-refractivity contribution in [2.45, 2.75) is 13.3 Å². The molecule has 0 heterocycles. The summed E-state index contributed by atoms with van der Waals surface area (Å²) in [4.78, 5) is 10.1. The highest BCUT2D eigenvalue weighted by molar-refractivity contribution is 5.71. The number of amides is 2. The maximum absolute atomic E-state index is 10.1. The zero-order valence-electron chi connectivity index (χ0n) is 6.22. The monoisotopic (exact) mass is 146 g/mol. The molecule has 0 saturated heterocycles. The molecule has 0 atom stereocenters. The van der Waals surface area contributed by atoms with Gasteiger partial charge < -0.3 is 15.8 Å². The van der Waals surface area contributed by atoms with Crippen molar-refractivity contribution in [2.24, 2.45) is 5.73 Å². The first-order valence-corrected chi connectivity index (χ1v) is 3.38. The second-order valence-electron chi connectivity index (χ2n) is 1.90. The first-order chi connectivity index (χ1) is 4.77. The maximum atomic E-state index is 10.1. The average Bonchev–Trinajstić information content (AvgIpc) is 1.87. The molecule has 10 heavy (non-hydrogen) atoms. The van der Waals surface area contributed by atoms with Gasteiger partial charge in [-0.05, 0) is 6.42 Å². The van der Waals surface area contributed by atoms with Crippen molar-refractivity contribution in [3.05, 3.63) is 0 Å². The third kappa shape index (κ3) is 7.23. The summed E-state index contributed by atoms with van der Waals surface area (Å²) in [6, 6.07) is -0.500. The van der Waals surface area contributed by atoms with Crippen LogP contribution in [0.2, 0.25) is 0 Å². The molecule has 4 nitrogen and oxygen atoms in total. The number of rotatable bonds is 5. The molecule has 0 aliphatic heterocycles. The summed E-state index contributed by atoms with van der Waals surface area (Å²) in [6.07, 6.45) is 0.997.